The fraction of sp³-hybridized carbons (Fsp3) is 0.154. The number of ether oxygens (including phenoxy) is 1. The van der Waals surface area contributed by atoms with Gasteiger partial charge in [0.05, 0.1) is 7.11 Å². The van der Waals surface area contributed by atoms with Gasteiger partial charge in [-0.2, -0.15) is 0 Å². The van der Waals surface area contributed by atoms with Crippen LogP contribution in [0, 0.1) is 0 Å². The van der Waals surface area contributed by atoms with E-state index in [1.165, 1.54) is 12.0 Å². The van der Waals surface area contributed by atoms with E-state index in [4.69, 9.17) is 4.74 Å². The fourth-order valence-corrected chi connectivity index (χ4v) is 1.56. The summed E-state index contributed by atoms with van der Waals surface area (Å²) < 4.78 is 5.13. The molecule has 18 heavy (non-hydrogen) atoms. The molecule has 92 valence electrons. The molecule has 5 nitrogen and oxygen atoms in total. The number of hydrogen-bond donors (Lipinski definition) is 0. The third-order valence-electron chi connectivity index (χ3n) is 2.55. The second kappa shape index (κ2) is 5.27. The Morgan fingerprint density at radius 1 is 1.22 bits per heavy atom. The summed E-state index contributed by atoms with van der Waals surface area (Å²) in [5.74, 6) is 0.238. The quantitative estimate of drug-likeness (QED) is 0.824. The van der Waals surface area contributed by atoms with Crippen LogP contribution in [0.2, 0.25) is 0 Å². The molecule has 2 aromatic rings. The Morgan fingerprint density at radius 3 is 2.61 bits per heavy atom. The molecule has 0 spiro atoms. The fourth-order valence-electron chi connectivity index (χ4n) is 1.56. The molecule has 1 amide bonds. The maximum Gasteiger partial charge on any atom is 0.280 e. The monoisotopic (exact) mass is 243 g/mol. The van der Waals surface area contributed by atoms with E-state index in [0.29, 0.717) is 11.4 Å². The molecular weight excluding hydrogens is 230 g/mol. The molecule has 0 radical (unpaired) electrons. The number of amides is 1. The van der Waals surface area contributed by atoms with E-state index < -0.39 is 0 Å². The lowest BCUT2D eigenvalue weighted by molar-refractivity contribution is 0.0985. The third-order valence-corrected chi connectivity index (χ3v) is 2.55. The lowest BCUT2D eigenvalue weighted by Gasteiger charge is -2.17. The highest BCUT2D eigenvalue weighted by molar-refractivity contribution is 6.06. The Balaban J connectivity index is 2.32. The second-order valence-corrected chi connectivity index (χ2v) is 3.62. The molecule has 0 aliphatic heterocycles. The molecule has 2 heterocycles. The molecule has 0 aromatic carbocycles. The van der Waals surface area contributed by atoms with Gasteiger partial charge in [0.25, 0.3) is 5.91 Å². The Kier molecular flexibility index (Phi) is 3.52. The number of methoxy groups -OCH3 is 1. The average Bonchev–Trinajstić information content (AvgIpc) is 2.46. The van der Waals surface area contributed by atoms with Crippen LogP contribution in [0.3, 0.4) is 0 Å². The first kappa shape index (κ1) is 12.0. The minimum Gasteiger partial charge on any atom is -0.494 e. The van der Waals surface area contributed by atoms with Gasteiger partial charge in [-0.1, -0.05) is 0 Å². The van der Waals surface area contributed by atoms with E-state index in [2.05, 4.69) is 9.97 Å². The molecule has 2 rings (SSSR count). The highest BCUT2D eigenvalue weighted by Gasteiger charge is 2.18. The lowest BCUT2D eigenvalue weighted by Crippen LogP contribution is -2.27. The molecule has 0 atom stereocenters. The van der Waals surface area contributed by atoms with Crippen LogP contribution in [0.25, 0.3) is 0 Å². The number of anilines is 1. The highest BCUT2D eigenvalue weighted by atomic mass is 16.5. The van der Waals surface area contributed by atoms with Crippen molar-refractivity contribution in [3.8, 4) is 5.75 Å². The van der Waals surface area contributed by atoms with Crippen LogP contribution in [-0.2, 0) is 0 Å². The minimum absolute atomic E-state index is 0.223. The van der Waals surface area contributed by atoms with E-state index >= 15 is 0 Å². The molecule has 0 bridgehead atoms. The van der Waals surface area contributed by atoms with Crippen LogP contribution in [0.1, 0.15) is 10.5 Å². The number of hydrogen-bond acceptors (Lipinski definition) is 4. The van der Waals surface area contributed by atoms with Gasteiger partial charge in [-0.15, -0.1) is 0 Å². The van der Waals surface area contributed by atoms with Gasteiger partial charge < -0.3 is 9.64 Å². The van der Waals surface area contributed by atoms with Crippen LogP contribution in [0.4, 0.5) is 5.69 Å². The Labute approximate surface area is 105 Å². The predicted octanol–water partition coefficient (Wildman–Crippen LogP) is 1.76. The lowest BCUT2D eigenvalue weighted by atomic mass is 10.2. The molecule has 2 aromatic heterocycles. The van der Waals surface area contributed by atoms with Gasteiger partial charge in [-0.05, 0) is 24.3 Å². The van der Waals surface area contributed by atoms with Gasteiger partial charge in [-0.3, -0.25) is 9.78 Å². The number of carbonyl (C=O) groups excluding carboxylic acids is 1. The summed E-state index contributed by atoms with van der Waals surface area (Å²) in [5.41, 5.74) is 1.04. The van der Waals surface area contributed by atoms with E-state index in [9.17, 15) is 4.79 Å². The first-order valence-electron chi connectivity index (χ1n) is 5.41. The third kappa shape index (κ3) is 2.29. The van der Waals surface area contributed by atoms with Gasteiger partial charge in [0.1, 0.15) is 5.75 Å². The van der Waals surface area contributed by atoms with Crippen molar-refractivity contribution in [2.45, 2.75) is 0 Å². The highest BCUT2D eigenvalue weighted by Crippen LogP contribution is 2.19. The van der Waals surface area contributed by atoms with Crippen molar-refractivity contribution in [1.29, 1.82) is 0 Å². The molecule has 0 aliphatic carbocycles. The molecule has 0 unspecified atom stereocenters. The molecule has 0 saturated heterocycles. The van der Waals surface area contributed by atoms with Gasteiger partial charge in [0, 0.05) is 31.3 Å². The predicted molar refractivity (Wildman–Crippen MR) is 67.8 cm³/mol. The molecule has 0 N–H and O–H groups in total. The van der Waals surface area contributed by atoms with Gasteiger partial charge in [0.15, 0.2) is 5.69 Å². The van der Waals surface area contributed by atoms with Crippen LogP contribution in [-0.4, -0.2) is 30.0 Å². The summed E-state index contributed by atoms with van der Waals surface area (Å²) in [6, 6.07) is 6.95. The summed E-state index contributed by atoms with van der Waals surface area (Å²) in [5, 5.41) is 0. The van der Waals surface area contributed by atoms with Crippen molar-refractivity contribution in [1.82, 2.24) is 9.97 Å². The summed E-state index contributed by atoms with van der Waals surface area (Å²) in [4.78, 5) is 21.8. The van der Waals surface area contributed by atoms with Gasteiger partial charge in [0.2, 0.25) is 0 Å². The maximum absolute atomic E-state index is 12.3. The number of rotatable bonds is 3. The number of aromatic nitrogens is 2. The first-order valence-corrected chi connectivity index (χ1v) is 5.41. The minimum atomic E-state index is -0.223. The van der Waals surface area contributed by atoms with Crippen molar-refractivity contribution in [3.63, 3.8) is 0 Å². The zero-order valence-corrected chi connectivity index (χ0v) is 10.2. The summed E-state index contributed by atoms with van der Waals surface area (Å²) >= 11 is 0. The largest absolute Gasteiger partial charge is 0.494 e. The van der Waals surface area contributed by atoms with E-state index in [-0.39, 0.29) is 5.91 Å². The molecule has 5 heteroatoms. The van der Waals surface area contributed by atoms with E-state index in [0.717, 1.165) is 5.69 Å². The van der Waals surface area contributed by atoms with Crippen molar-refractivity contribution in [2.75, 3.05) is 19.1 Å². The van der Waals surface area contributed by atoms with Gasteiger partial charge >= 0.3 is 0 Å². The summed E-state index contributed by atoms with van der Waals surface area (Å²) in [6.07, 6.45) is 4.83. The normalized spacial score (nSPS) is 9.89. The summed E-state index contributed by atoms with van der Waals surface area (Å²) in [7, 11) is 3.20. The second-order valence-electron chi connectivity index (χ2n) is 3.62. The number of nitrogens with zero attached hydrogens (tertiary/aromatic N) is 3. The Bertz CT molecular complexity index is 543. The van der Waals surface area contributed by atoms with Crippen molar-refractivity contribution in [2.24, 2.45) is 0 Å². The number of carbonyl (C=O) groups is 1. The van der Waals surface area contributed by atoms with Crippen LogP contribution in [0.15, 0.2) is 42.9 Å². The molecule has 0 saturated carbocycles. The SMILES string of the molecule is COc1cccnc1C(=O)N(C)c1ccncc1. The zero-order valence-electron chi connectivity index (χ0n) is 10.2. The first-order chi connectivity index (χ1) is 8.74. The van der Waals surface area contributed by atoms with Crippen LogP contribution in [0.5, 0.6) is 5.75 Å². The molecular formula is C13H13N3O2. The smallest absolute Gasteiger partial charge is 0.280 e. The summed E-state index contributed by atoms with van der Waals surface area (Å²) in [6.45, 7) is 0. The topological polar surface area (TPSA) is 55.3 Å². The average molecular weight is 243 g/mol. The Morgan fingerprint density at radius 2 is 1.94 bits per heavy atom. The van der Waals surface area contributed by atoms with Crippen molar-refractivity contribution in [3.05, 3.63) is 48.5 Å². The molecule has 0 aliphatic rings. The van der Waals surface area contributed by atoms with Crippen LogP contribution < -0.4 is 9.64 Å². The van der Waals surface area contributed by atoms with Gasteiger partial charge in [-0.25, -0.2) is 4.98 Å². The maximum atomic E-state index is 12.3. The Hall–Kier alpha value is -2.43. The number of pyridine rings is 2. The standard InChI is InChI=1S/C13H13N3O2/c1-16(10-5-8-14-9-6-10)13(17)12-11(18-2)4-3-7-15-12/h3-9H,1-2H3. The van der Waals surface area contributed by atoms with E-state index in [1.54, 1.807) is 49.9 Å². The van der Waals surface area contributed by atoms with E-state index in [1.807, 2.05) is 0 Å². The van der Waals surface area contributed by atoms with Crippen molar-refractivity contribution < 1.29 is 9.53 Å². The van der Waals surface area contributed by atoms with Crippen LogP contribution >= 0.6 is 0 Å². The molecule has 0 fully saturated rings. The zero-order chi connectivity index (χ0) is 13.0. The van der Waals surface area contributed by atoms with Crippen molar-refractivity contribution >= 4 is 11.6 Å².